The van der Waals surface area contributed by atoms with Gasteiger partial charge < -0.3 is 14.3 Å². The third kappa shape index (κ3) is 4.50. The Hall–Kier alpha value is -3.19. The molecule has 0 aliphatic carbocycles. The van der Waals surface area contributed by atoms with Crippen molar-refractivity contribution in [2.24, 2.45) is 5.92 Å². The first kappa shape index (κ1) is 21.6. The van der Waals surface area contributed by atoms with Gasteiger partial charge in [0.2, 0.25) is 11.8 Å². The molecule has 1 aromatic heterocycles. The first-order chi connectivity index (χ1) is 16.0. The fourth-order valence-corrected chi connectivity index (χ4v) is 4.86. The predicted molar refractivity (Wildman–Crippen MR) is 125 cm³/mol. The molecule has 2 aliphatic heterocycles. The van der Waals surface area contributed by atoms with Crippen LogP contribution in [0.15, 0.2) is 53.1 Å². The maximum Gasteiger partial charge on any atom is 0.257 e. The topological polar surface area (TPSA) is 79.5 Å². The van der Waals surface area contributed by atoms with Crippen LogP contribution in [0, 0.1) is 12.8 Å². The number of hydrogen-bond acceptors (Lipinski definition) is 5. The Morgan fingerprint density at radius 3 is 2.67 bits per heavy atom. The standard InChI is InChI=1S/C25H25ClN4O3/c1-16-4-2-5-18(12-16)24-27-23(28-33-24)17-8-10-29(11-9-17)25(32)19-13-22(31)30(15-19)21-7-3-6-20(26)14-21/h2-7,12,14,17,19H,8-11,13,15H2,1H3/t19-/m1/s1. The number of aryl methyl sites for hydroxylation is 1. The number of nitrogens with zero attached hydrogens (tertiary/aromatic N) is 4. The van der Waals surface area contributed by atoms with E-state index in [1.54, 1.807) is 17.0 Å². The van der Waals surface area contributed by atoms with Gasteiger partial charge in [0, 0.05) is 48.2 Å². The number of hydrogen-bond donors (Lipinski definition) is 0. The molecule has 7 nitrogen and oxygen atoms in total. The normalized spacial score (nSPS) is 19.3. The Morgan fingerprint density at radius 2 is 1.91 bits per heavy atom. The number of aromatic nitrogens is 2. The van der Waals surface area contributed by atoms with Crippen LogP contribution in [0.3, 0.4) is 0 Å². The molecule has 3 heterocycles. The summed E-state index contributed by atoms with van der Waals surface area (Å²) in [5.41, 5.74) is 2.79. The van der Waals surface area contributed by atoms with Gasteiger partial charge in [-0.05, 0) is 50.1 Å². The molecule has 5 rings (SSSR count). The van der Waals surface area contributed by atoms with Crippen LogP contribution in [0.2, 0.25) is 5.02 Å². The summed E-state index contributed by atoms with van der Waals surface area (Å²) in [6.45, 7) is 3.67. The second-order valence-electron chi connectivity index (χ2n) is 8.81. The molecule has 2 aliphatic rings. The quantitative estimate of drug-likeness (QED) is 0.569. The predicted octanol–water partition coefficient (Wildman–Crippen LogP) is 4.46. The number of carbonyl (C=O) groups excluding carboxylic acids is 2. The highest BCUT2D eigenvalue weighted by Gasteiger charge is 2.38. The summed E-state index contributed by atoms with van der Waals surface area (Å²) in [7, 11) is 0. The lowest BCUT2D eigenvalue weighted by molar-refractivity contribution is -0.136. The smallest absolute Gasteiger partial charge is 0.257 e. The Bertz CT molecular complexity index is 1190. The third-order valence-corrected chi connectivity index (χ3v) is 6.71. The van der Waals surface area contributed by atoms with Gasteiger partial charge in [0.1, 0.15) is 0 Å². The monoisotopic (exact) mass is 464 g/mol. The summed E-state index contributed by atoms with van der Waals surface area (Å²) < 4.78 is 5.49. The molecule has 0 radical (unpaired) electrons. The number of halogens is 1. The molecule has 0 spiro atoms. The number of carbonyl (C=O) groups is 2. The lowest BCUT2D eigenvalue weighted by atomic mass is 9.95. The van der Waals surface area contributed by atoms with Gasteiger partial charge in [0.05, 0.1) is 5.92 Å². The minimum absolute atomic E-state index is 0.0408. The Kier molecular flexibility index (Phi) is 5.89. The zero-order chi connectivity index (χ0) is 22.9. The van der Waals surface area contributed by atoms with Crippen molar-refractivity contribution in [1.29, 1.82) is 0 Å². The molecule has 3 aromatic rings. The van der Waals surface area contributed by atoms with E-state index in [9.17, 15) is 9.59 Å². The maximum atomic E-state index is 13.1. The van der Waals surface area contributed by atoms with Gasteiger partial charge in [0.25, 0.3) is 5.89 Å². The number of piperidine rings is 1. The van der Waals surface area contributed by atoms with Crippen molar-refractivity contribution in [3.8, 4) is 11.5 Å². The molecule has 8 heteroatoms. The first-order valence-corrected chi connectivity index (χ1v) is 11.6. The number of likely N-dealkylation sites (tertiary alicyclic amines) is 1. The zero-order valence-electron chi connectivity index (χ0n) is 18.4. The third-order valence-electron chi connectivity index (χ3n) is 6.47. The fourth-order valence-electron chi connectivity index (χ4n) is 4.68. The first-order valence-electron chi connectivity index (χ1n) is 11.2. The second-order valence-corrected chi connectivity index (χ2v) is 9.25. The summed E-state index contributed by atoms with van der Waals surface area (Å²) in [6.07, 6.45) is 1.78. The SMILES string of the molecule is Cc1cccc(-c2nc(C3CCN(C(=O)[C@@H]4CC(=O)N(c5cccc(Cl)c5)C4)CC3)no2)c1. The van der Waals surface area contributed by atoms with Crippen molar-refractivity contribution in [2.75, 3.05) is 24.5 Å². The summed E-state index contributed by atoms with van der Waals surface area (Å²) in [4.78, 5) is 33.8. The van der Waals surface area contributed by atoms with E-state index in [2.05, 4.69) is 10.1 Å². The van der Waals surface area contributed by atoms with E-state index in [1.807, 2.05) is 48.2 Å². The number of anilines is 1. The Morgan fingerprint density at radius 1 is 1.12 bits per heavy atom. The van der Waals surface area contributed by atoms with Crippen LogP contribution >= 0.6 is 11.6 Å². The van der Waals surface area contributed by atoms with Crippen molar-refractivity contribution in [3.05, 3.63) is 64.9 Å². The maximum absolute atomic E-state index is 13.1. The molecule has 0 bridgehead atoms. The van der Waals surface area contributed by atoms with E-state index in [-0.39, 0.29) is 30.1 Å². The number of amides is 2. The van der Waals surface area contributed by atoms with E-state index in [0.717, 1.165) is 29.7 Å². The summed E-state index contributed by atoms with van der Waals surface area (Å²) in [5, 5.41) is 4.78. The van der Waals surface area contributed by atoms with Gasteiger partial charge >= 0.3 is 0 Å². The number of rotatable bonds is 4. The largest absolute Gasteiger partial charge is 0.342 e. The average Bonchev–Trinajstić information content (AvgIpc) is 3.46. The molecule has 170 valence electrons. The van der Waals surface area contributed by atoms with Crippen LogP contribution in [0.1, 0.15) is 36.6 Å². The van der Waals surface area contributed by atoms with Gasteiger partial charge in [-0.15, -0.1) is 0 Å². The molecule has 2 saturated heterocycles. The average molecular weight is 465 g/mol. The molecular weight excluding hydrogens is 440 g/mol. The lowest BCUT2D eigenvalue weighted by Crippen LogP contribution is -2.42. The molecule has 0 unspecified atom stereocenters. The molecule has 0 N–H and O–H groups in total. The van der Waals surface area contributed by atoms with Crippen molar-refractivity contribution < 1.29 is 14.1 Å². The van der Waals surface area contributed by atoms with Crippen molar-refractivity contribution in [1.82, 2.24) is 15.0 Å². The van der Waals surface area contributed by atoms with E-state index in [1.165, 1.54) is 0 Å². The molecule has 1 atom stereocenters. The molecule has 2 fully saturated rings. The second kappa shape index (κ2) is 8.98. The summed E-state index contributed by atoms with van der Waals surface area (Å²) in [6, 6.07) is 15.2. The van der Waals surface area contributed by atoms with Gasteiger partial charge in [-0.1, -0.05) is 40.5 Å². The molecule has 2 amide bonds. The van der Waals surface area contributed by atoms with E-state index < -0.39 is 0 Å². The summed E-state index contributed by atoms with van der Waals surface area (Å²) in [5.74, 6) is 1.05. The van der Waals surface area contributed by atoms with Crippen LogP contribution < -0.4 is 4.90 Å². The lowest BCUT2D eigenvalue weighted by Gasteiger charge is -2.32. The van der Waals surface area contributed by atoms with Crippen LogP contribution in [-0.2, 0) is 9.59 Å². The minimum atomic E-state index is -0.328. The Labute approximate surface area is 197 Å². The van der Waals surface area contributed by atoms with E-state index in [4.69, 9.17) is 16.1 Å². The van der Waals surface area contributed by atoms with Crippen LogP contribution in [-0.4, -0.2) is 46.5 Å². The highest BCUT2D eigenvalue weighted by molar-refractivity contribution is 6.31. The van der Waals surface area contributed by atoms with Gasteiger partial charge in [-0.3, -0.25) is 9.59 Å². The fraction of sp³-hybridized carbons (Fsp3) is 0.360. The zero-order valence-corrected chi connectivity index (χ0v) is 19.2. The van der Waals surface area contributed by atoms with Gasteiger partial charge in [-0.25, -0.2) is 0 Å². The van der Waals surface area contributed by atoms with Gasteiger partial charge in [-0.2, -0.15) is 4.98 Å². The highest BCUT2D eigenvalue weighted by atomic mass is 35.5. The molecule has 33 heavy (non-hydrogen) atoms. The van der Waals surface area contributed by atoms with Crippen molar-refractivity contribution in [3.63, 3.8) is 0 Å². The number of benzene rings is 2. The van der Waals surface area contributed by atoms with E-state index >= 15 is 0 Å². The van der Waals surface area contributed by atoms with Crippen LogP contribution in [0.5, 0.6) is 0 Å². The molecular formula is C25H25ClN4O3. The van der Waals surface area contributed by atoms with E-state index in [0.29, 0.717) is 36.4 Å². The van der Waals surface area contributed by atoms with Crippen LogP contribution in [0.25, 0.3) is 11.5 Å². The Balaban J connectivity index is 1.19. The summed E-state index contributed by atoms with van der Waals surface area (Å²) >= 11 is 6.07. The molecule has 0 saturated carbocycles. The van der Waals surface area contributed by atoms with Crippen LogP contribution in [0.4, 0.5) is 5.69 Å². The van der Waals surface area contributed by atoms with Gasteiger partial charge in [0.15, 0.2) is 5.82 Å². The van der Waals surface area contributed by atoms with Crippen molar-refractivity contribution >= 4 is 29.1 Å². The highest BCUT2D eigenvalue weighted by Crippen LogP contribution is 2.32. The molecule has 2 aromatic carbocycles. The minimum Gasteiger partial charge on any atom is -0.342 e. The van der Waals surface area contributed by atoms with Crippen molar-refractivity contribution in [2.45, 2.75) is 32.1 Å².